The van der Waals surface area contributed by atoms with E-state index in [4.69, 9.17) is 4.74 Å². The van der Waals surface area contributed by atoms with Gasteiger partial charge in [-0.3, -0.25) is 14.5 Å². The number of carbonyl (C=O) groups is 2. The maximum Gasteiger partial charge on any atom is 0.300 e. The molecule has 0 radical (unpaired) electrons. The second-order valence-corrected chi connectivity index (χ2v) is 8.15. The molecule has 34 heavy (non-hydrogen) atoms. The van der Waals surface area contributed by atoms with E-state index in [2.05, 4.69) is 0 Å². The van der Waals surface area contributed by atoms with Gasteiger partial charge in [-0.2, -0.15) is 0 Å². The third-order valence-corrected chi connectivity index (χ3v) is 5.88. The molecule has 1 aliphatic rings. The Morgan fingerprint density at radius 1 is 0.912 bits per heavy atom. The highest BCUT2D eigenvalue weighted by Crippen LogP contribution is 2.42. The zero-order chi connectivity index (χ0) is 24.2. The number of hydrogen-bond donors (Lipinski definition) is 2. The summed E-state index contributed by atoms with van der Waals surface area (Å²) in [6.07, 6.45) is 1.72. The predicted molar refractivity (Wildman–Crippen MR) is 131 cm³/mol. The molecule has 6 heteroatoms. The molecule has 0 aliphatic carbocycles. The molecule has 6 nitrogen and oxygen atoms in total. The largest absolute Gasteiger partial charge is 0.508 e. The van der Waals surface area contributed by atoms with Crippen LogP contribution in [0.5, 0.6) is 11.5 Å². The number of Topliss-reactive ketones (excluding diaryl/α,β-unsaturated/α-hetero) is 1. The fourth-order valence-corrected chi connectivity index (χ4v) is 4.05. The summed E-state index contributed by atoms with van der Waals surface area (Å²) in [4.78, 5) is 27.8. The maximum absolute atomic E-state index is 13.2. The van der Waals surface area contributed by atoms with E-state index in [9.17, 15) is 19.8 Å². The number of nitrogens with zero attached hydrogens (tertiary/aromatic N) is 1. The van der Waals surface area contributed by atoms with E-state index in [0.29, 0.717) is 29.2 Å². The molecule has 1 saturated heterocycles. The lowest BCUT2D eigenvalue weighted by Crippen LogP contribution is -2.29. The van der Waals surface area contributed by atoms with Crippen molar-refractivity contribution < 1.29 is 24.5 Å². The van der Waals surface area contributed by atoms with E-state index in [1.807, 2.05) is 26.0 Å². The van der Waals surface area contributed by atoms with Crippen LogP contribution in [-0.2, 0) is 16.0 Å². The third kappa shape index (κ3) is 4.39. The molecule has 0 spiro atoms. The summed E-state index contributed by atoms with van der Waals surface area (Å²) < 4.78 is 5.60. The van der Waals surface area contributed by atoms with E-state index in [0.717, 1.165) is 18.4 Å². The van der Waals surface area contributed by atoms with Gasteiger partial charge in [0.25, 0.3) is 11.7 Å². The molecule has 4 rings (SSSR count). The van der Waals surface area contributed by atoms with Gasteiger partial charge in [0.1, 0.15) is 17.3 Å². The van der Waals surface area contributed by atoms with Crippen molar-refractivity contribution >= 4 is 23.1 Å². The number of aryl methyl sites for hydroxylation is 1. The molecular weight excluding hydrogens is 430 g/mol. The van der Waals surface area contributed by atoms with Gasteiger partial charge in [-0.1, -0.05) is 38.1 Å². The number of ketones is 1. The van der Waals surface area contributed by atoms with Crippen LogP contribution in [0.3, 0.4) is 0 Å². The van der Waals surface area contributed by atoms with Crippen molar-refractivity contribution in [1.82, 2.24) is 0 Å². The molecular formula is C28H27NO5. The molecule has 1 aliphatic heterocycles. The number of aliphatic hydroxyl groups excluding tert-OH is 1. The number of amides is 1. The Morgan fingerprint density at radius 2 is 1.56 bits per heavy atom. The maximum atomic E-state index is 13.2. The molecule has 1 amide bonds. The van der Waals surface area contributed by atoms with Gasteiger partial charge in [0.05, 0.1) is 18.2 Å². The lowest BCUT2D eigenvalue weighted by molar-refractivity contribution is -0.132. The van der Waals surface area contributed by atoms with Gasteiger partial charge in [0.2, 0.25) is 0 Å². The average Bonchev–Trinajstić information content (AvgIpc) is 3.13. The van der Waals surface area contributed by atoms with E-state index in [1.54, 1.807) is 48.5 Å². The second kappa shape index (κ2) is 9.83. The van der Waals surface area contributed by atoms with Crippen molar-refractivity contribution in [3.63, 3.8) is 0 Å². The first kappa shape index (κ1) is 23.1. The number of aliphatic hydroxyl groups is 1. The van der Waals surface area contributed by atoms with Gasteiger partial charge in [0, 0.05) is 11.3 Å². The standard InChI is InChI=1S/C28H27NO5/c1-3-17-34-23-15-9-20(10-16-23)26(31)24-25(19-7-13-22(30)14-8-19)29(28(33)27(24)32)21-11-5-18(4-2)6-12-21/h5-16,25,30-31H,3-4,17H2,1-2H3/b26-24+. The SMILES string of the molecule is CCCOc1ccc(/C(O)=C2\C(=O)C(=O)N(c3ccc(CC)cc3)C2c2ccc(O)cc2)cc1. The first-order valence-electron chi connectivity index (χ1n) is 11.4. The zero-order valence-corrected chi connectivity index (χ0v) is 19.2. The fourth-order valence-electron chi connectivity index (χ4n) is 4.05. The van der Waals surface area contributed by atoms with Gasteiger partial charge < -0.3 is 14.9 Å². The van der Waals surface area contributed by atoms with E-state index in [1.165, 1.54) is 17.0 Å². The van der Waals surface area contributed by atoms with Crippen molar-refractivity contribution in [2.45, 2.75) is 32.7 Å². The second-order valence-electron chi connectivity index (χ2n) is 8.15. The molecule has 0 bridgehead atoms. The minimum Gasteiger partial charge on any atom is -0.508 e. The molecule has 1 heterocycles. The fraction of sp³-hybridized carbons (Fsp3) is 0.214. The summed E-state index contributed by atoms with van der Waals surface area (Å²) in [6.45, 7) is 4.63. The molecule has 1 fully saturated rings. The number of phenols is 1. The number of carbonyl (C=O) groups excluding carboxylic acids is 2. The molecule has 0 aromatic heterocycles. The Hall–Kier alpha value is -4.06. The summed E-state index contributed by atoms with van der Waals surface area (Å²) >= 11 is 0. The van der Waals surface area contributed by atoms with Gasteiger partial charge in [0.15, 0.2) is 0 Å². The lowest BCUT2D eigenvalue weighted by Gasteiger charge is -2.25. The van der Waals surface area contributed by atoms with Crippen molar-refractivity contribution in [2.24, 2.45) is 0 Å². The molecule has 1 unspecified atom stereocenters. The summed E-state index contributed by atoms with van der Waals surface area (Å²) in [5, 5.41) is 21.0. The topological polar surface area (TPSA) is 87.1 Å². The number of anilines is 1. The van der Waals surface area contributed by atoms with Crippen LogP contribution in [0.4, 0.5) is 5.69 Å². The summed E-state index contributed by atoms with van der Waals surface area (Å²) in [7, 11) is 0. The Kier molecular flexibility index (Phi) is 6.68. The van der Waals surface area contributed by atoms with Crippen molar-refractivity contribution in [3.05, 3.63) is 95.1 Å². The van der Waals surface area contributed by atoms with E-state index < -0.39 is 17.7 Å². The van der Waals surface area contributed by atoms with Gasteiger partial charge in [-0.25, -0.2) is 0 Å². The number of aromatic hydroxyl groups is 1. The highest BCUT2D eigenvalue weighted by Gasteiger charge is 2.46. The zero-order valence-electron chi connectivity index (χ0n) is 19.2. The smallest absolute Gasteiger partial charge is 0.300 e. The minimum atomic E-state index is -0.843. The molecule has 0 saturated carbocycles. The average molecular weight is 458 g/mol. The summed E-state index contributed by atoms with van der Waals surface area (Å²) in [5.74, 6) is -1.01. The quantitative estimate of drug-likeness (QED) is 0.283. The minimum absolute atomic E-state index is 0.00233. The van der Waals surface area contributed by atoms with Crippen molar-refractivity contribution in [2.75, 3.05) is 11.5 Å². The Bertz CT molecular complexity index is 1210. The summed E-state index contributed by atoms with van der Waals surface area (Å²) in [6, 6.07) is 19.6. The van der Waals surface area contributed by atoms with Gasteiger partial charge in [-0.05, 0) is 72.5 Å². The third-order valence-electron chi connectivity index (χ3n) is 5.88. The lowest BCUT2D eigenvalue weighted by atomic mass is 9.95. The van der Waals surface area contributed by atoms with Crippen molar-refractivity contribution in [1.29, 1.82) is 0 Å². The highest BCUT2D eigenvalue weighted by molar-refractivity contribution is 6.51. The molecule has 2 N–H and O–H groups in total. The number of ether oxygens (including phenoxy) is 1. The van der Waals surface area contributed by atoms with Crippen LogP contribution in [0, 0.1) is 0 Å². The van der Waals surface area contributed by atoms with Crippen LogP contribution in [0.2, 0.25) is 0 Å². The van der Waals surface area contributed by atoms with Crippen LogP contribution >= 0.6 is 0 Å². The van der Waals surface area contributed by atoms with Crippen LogP contribution in [0.15, 0.2) is 78.4 Å². The molecule has 1 atom stereocenters. The van der Waals surface area contributed by atoms with Crippen LogP contribution in [0.1, 0.15) is 43.0 Å². The highest BCUT2D eigenvalue weighted by atomic mass is 16.5. The van der Waals surface area contributed by atoms with Gasteiger partial charge in [-0.15, -0.1) is 0 Å². The Labute approximate surface area is 198 Å². The predicted octanol–water partition coefficient (Wildman–Crippen LogP) is 5.37. The molecule has 174 valence electrons. The number of rotatable bonds is 7. The molecule has 3 aromatic rings. The van der Waals surface area contributed by atoms with E-state index in [-0.39, 0.29) is 17.1 Å². The van der Waals surface area contributed by atoms with Crippen LogP contribution < -0.4 is 9.64 Å². The first-order valence-corrected chi connectivity index (χ1v) is 11.4. The van der Waals surface area contributed by atoms with Crippen LogP contribution in [0.25, 0.3) is 5.76 Å². The van der Waals surface area contributed by atoms with Crippen LogP contribution in [-0.4, -0.2) is 28.5 Å². The molecule has 3 aromatic carbocycles. The monoisotopic (exact) mass is 457 g/mol. The number of phenolic OH excluding ortho intramolecular Hbond substituents is 1. The number of hydrogen-bond acceptors (Lipinski definition) is 5. The normalized spacial score (nSPS) is 17.2. The number of benzene rings is 3. The Morgan fingerprint density at radius 3 is 2.15 bits per heavy atom. The Balaban J connectivity index is 1.83. The van der Waals surface area contributed by atoms with Crippen molar-refractivity contribution in [3.8, 4) is 11.5 Å². The van der Waals surface area contributed by atoms with Gasteiger partial charge >= 0.3 is 0 Å². The summed E-state index contributed by atoms with van der Waals surface area (Å²) in [5.41, 5.74) is 2.66. The van der Waals surface area contributed by atoms with E-state index >= 15 is 0 Å². The first-order chi connectivity index (χ1) is 16.4.